The maximum Gasteiger partial charge on any atom is 0.416 e. The minimum absolute atomic E-state index is 0.307. The van der Waals surface area contributed by atoms with Gasteiger partial charge in [0.1, 0.15) is 0 Å². The van der Waals surface area contributed by atoms with Gasteiger partial charge in [0.2, 0.25) is 0 Å². The molecule has 1 aliphatic carbocycles. The van der Waals surface area contributed by atoms with E-state index in [1.807, 2.05) is 0 Å². The van der Waals surface area contributed by atoms with Crippen LogP contribution in [0.15, 0.2) is 84.9 Å². The molecule has 0 amide bonds. The van der Waals surface area contributed by atoms with Gasteiger partial charge in [0.15, 0.2) is 0 Å². The maximum absolute atomic E-state index is 13.1. The molecule has 0 bridgehead atoms. The number of halogens is 3. The Labute approximate surface area is 213 Å². The number of benzene rings is 3. The van der Waals surface area contributed by atoms with E-state index in [1.54, 1.807) is 6.07 Å². The van der Waals surface area contributed by atoms with Gasteiger partial charge in [0, 0.05) is 12.0 Å². The lowest BCUT2D eigenvalue weighted by Gasteiger charge is -2.36. The first-order chi connectivity index (χ1) is 17.3. The molecule has 0 saturated heterocycles. The Balaban J connectivity index is 1.44. The zero-order valence-corrected chi connectivity index (χ0v) is 21.3. The first-order valence-corrected chi connectivity index (χ1v) is 13.0. The van der Waals surface area contributed by atoms with Crippen molar-refractivity contribution < 1.29 is 13.2 Å². The predicted octanol–water partition coefficient (Wildman–Crippen LogP) is 8.17. The van der Waals surface area contributed by atoms with Crippen molar-refractivity contribution >= 4 is 0 Å². The van der Waals surface area contributed by atoms with Gasteiger partial charge in [0.05, 0.1) is 5.56 Å². The summed E-state index contributed by atoms with van der Waals surface area (Å²) in [6.07, 6.45) is 4.83. The number of hydrogen-bond acceptors (Lipinski definition) is 1. The predicted molar refractivity (Wildman–Crippen MR) is 142 cm³/mol. The van der Waals surface area contributed by atoms with Crippen molar-refractivity contribution in [2.24, 2.45) is 0 Å². The maximum atomic E-state index is 13.1. The molecule has 4 heteroatoms. The summed E-state index contributed by atoms with van der Waals surface area (Å²) in [4.78, 5) is 2.54. The van der Waals surface area contributed by atoms with E-state index in [-0.39, 0.29) is 0 Å². The third-order valence-corrected chi connectivity index (χ3v) is 7.35. The third kappa shape index (κ3) is 6.88. The van der Waals surface area contributed by atoms with Crippen LogP contribution < -0.4 is 0 Å². The number of aryl methyl sites for hydroxylation is 3. The quantitative estimate of drug-likeness (QED) is 0.259. The second kappa shape index (κ2) is 11.9. The van der Waals surface area contributed by atoms with Gasteiger partial charge in [0.25, 0.3) is 0 Å². The Bertz CT molecular complexity index is 1160. The molecular formula is C32H36F3N. The highest BCUT2D eigenvalue weighted by atomic mass is 19.4. The van der Waals surface area contributed by atoms with E-state index in [0.717, 1.165) is 50.4 Å². The van der Waals surface area contributed by atoms with Crippen LogP contribution in [0.1, 0.15) is 59.1 Å². The molecule has 0 aromatic heterocycles. The van der Waals surface area contributed by atoms with Crippen LogP contribution >= 0.6 is 0 Å². The molecule has 190 valence electrons. The molecule has 3 aromatic carbocycles. The lowest BCUT2D eigenvalue weighted by molar-refractivity contribution is -0.137. The van der Waals surface area contributed by atoms with E-state index in [4.69, 9.17) is 0 Å². The Kier molecular flexibility index (Phi) is 8.68. The molecule has 1 nitrogen and oxygen atoms in total. The van der Waals surface area contributed by atoms with Crippen LogP contribution in [-0.2, 0) is 25.4 Å². The molecule has 0 aliphatic heterocycles. The summed E-state index contributed by atoms with van der Waals surface area (Å²) in [7, 11) is 0. The smallest absolute Gasteiger partial charge is 0.300 e. The van der Waals surface area contributed by atoms with Gasteiger partial charge in [-0.15, -0.1) is 0 Å². The van der Waals surface area contributed by atoms with Gasteiger partial charge in [-0.25, -0.2) is 0 Å². The highest BCUT2D eigenvalue weighted by molar-refractivity contribution is 5.39. The molecule has 0 radical (unpaired) electrons. The van der Waals surface area contributed by atoms with Crippen molar-refractivity contribution in [2.75, 3.05) is 13.1 Å². The van der Waals surface area contributed by atoms with Crippen molar-refractivity contribution in [2.45, 2.75) is 64.1 Å². The molecule has 4 rings (SSSR count). The van der Waals surface area contributed by atoms with Crippen molar-refractivity contribution in [1.82, 2.24) is 4.90 Å². The summed E-state index contributed by atoms with van der Waals surface area (Å²) in [5.41, 5.74) is 5.61. The minimum Gasteiger partial charge on any atom is -0.300 e. The SMILES string of the molecule is Cc1cccc(CCCN(CCCc2cccc(C(F)(F)F)c2)C(C)C2C=CCc3ccccc32)c1. The van der Waals surface area contributed by atoms with E-state index in [1.165, 1.54) is 34.4 Å². The van der Waals surface area contributed by atoms with Crippen LogP contribution in [0.2, 0.25) is 0 Å². The van der Waals surface area contributed by atoms with E-state index in [9.17, 15) is 13.2 Å². The summed E-state index contributed by atoms with van der Waals surface area (Å²) in [6, 6.07) is 23.4. The summed E-state index contributed by atoms with van der Waals surface area (Å²) >= 11 is 0. The van der Waals surface area contributed by atoms with Crippen LogP contribution in [0.25, 0.3) is 0 Å². The number of hydrogen-bond donors (Lipinski definition) is 0. The van der Waals surface area contributed by atoms with Crippen LogP contribution in [0.4, 0.5) is 13.2 Å². The first-order valence-electron chi connectivity index (χ1n) is 13.0. The third-order valence-electron chi connectivity index (χ3n) is 7.35. The summed E-state index contributed by atoms with van der Waals surface area (Å²) in [5.74, 6) is 0.322. The highest BCUT2D eigenvalue weighted by Crippen LogP contribution is 2.33. The highest BCUT2D eigenvalue weighted by Gasteiger charge is 2.30. The number of fused-ring (bicyclic) bond motifs is 1. The summed E-state index contributed by atoms with van der Waals surface area (Å²) < 4.78 is 39.4. The number of alkyl halides is 3. The molecule has 2 atom stereocenters. The second-order valence-electron chi connectivity index (χ2n) is 10.0. The first kappa shape index (κ1) is 26.2. The van der Waals surface area contributed by atoms with Crippen molar-refractivity contribution in [3.05, 3.63) is 118 Å². The lowest BCUT2D eigenvalue weighted by Crippen LogP contribution is -2.39. The molecule has 0 fully saturated rings. The fourth-order valence-electron chi connectivity index (χ4n) is 5.40. The fourth-order valence-corrected chi connectivity index (χ4v) is 5.40. The molecular weight excluding hydrogens is 455 g/mol. The molecule has 36 heavy (non-hydrogen) atoms. The number of nitrogens with zero attached hydrogens (tertiary/aromatic N) is 1. The molecule has 0 N–H and O–H groups in total. The average Bonchev–Trinajstić information content (AvgIpc) is 2.87. The van der Waals surface area contributed by atoms with Crippen molar-refractivity contribution in [3.63, 3.8) is 0 Å². The monoisotopic (exact) mass is 491 g/mol. The Morgan fingerprint density at radius 2 is 1.53 bits per heavy atom. The Morgan fingerprint density at radius 1 is 0.861 bits per heavy atom. The molecule has 3 aromatic rings. The van der Waals surface area contributed by atoms with Crippen LogP contribution in [-0.4, -0.2) is 24.0 Å². The summed E-state index contributed by atoms with van der Waals surface area (Å²) in [6.45, 7) is 6.24. The van der Waals surface area contributed by atoms with E-state index in [2.05, 4.69) is 79.4 Å². The molecule has 0 heterocycles. The standard InChI is InChI=1S/C32H36F3N/c1-24-10-5-11-26(22-24)13-8-20-36(21-9-14-27-12-6-17-29(23-27)32(33,34)35)25(2)30-19-7-16-28-15-3-4-18-31(28)30/h3-7,10-12,15,17-19,22-23,25,30H,8-9,13-14,16,20-21H2,1-2H3. The molecule has 0 spiro atoms. The van der Waals surface area contributed by atoms with E-state index >= 15 is 0 Å². The van der Waals surface area contributed by atoms with E-state index in [0.29, 0.717) is 18.4 Å². The van der Waals surface area contributed by atoms with Gasteiger partial charge in [-0.1, -0.05) is 84.4 Å². The fraction of sp³-hybridized carbons (Fsp3) is 0.375. The van der Waals surface area contributed by atoms with Gasteiger partial charge in [-0.3, -0.25) is 4.90 Å². The molecule has 1 aliphatic rings. The molecule has 2 unspecified atom stereocenters. The van der Waals surface area contributed by atoms with E-state index < -0.39 is 11.7 Å². The van der Waals surface area contributed by atoms with Crippen LogP contribution in [0, 0.1) is 6.92 Å². The number of rotatable bonds is 10. The van der Waals surface area contributed by atoms with Gasteiger partial charge in [-0.2, -0.15) is 13.2 Å². The second-order valence-corrected chi connectivity index (χ2v) is 10.0. The zero-order valence-electron chi connectivity index (χ0n) is 21.3. The largest absolute Gasteiger partial charge is 0.416 e. The normalized spacial score (nSPS) is 16.2. The van der Waals surface area contributed by atoms with Gasteiger partial charge in [-0.05, 0) is 87.4 Å². The Morgan fingerprint density at radius 3 is 2.22 bits per heavy atom. The van der Waals surface area contributed by atoms with Gasteiger partial charge < -0.3 is 0 Å². The minimum atomic E-state index is -4.30. The Hall–Kier alpha value is -2.85. The van der Waals surface area contributed by atoms with Crippen molar-refractivity contribution in [3.8, 4) is 0 Å². The summed E-state index contributed by atoms with van der Waals surface area (Å²) in [5, 5.41) is 0. The van der Waals surface area contributed by atoms with Crippen molar-refractivity contribution in [1.29, 1.82) is 0 Å². The van der Waals surface area contributed by atoms with Crippen LogP contribution in [0.3, 0.4) is 0 Å². The number of allylic oxidation sites excluding steroid dienone is 1. The van der Waals surface area contributed by atoms with Crippen LogP contribution in [0.5, 0.6) is 0 Å². The topological polar surface area (TPSA) is 3.24 Å². The molecule has 0 saturated carbocycles. The average molecular weight is 492 g/mol. The zero-order chi connectivity index (χ0) is 25.5. The lowest BCUT2D eigenvalue weighted by atomic mass is 9.83. The van der Waals surface area contributed by atoms with Gasteiger partial charge >= 0.3 is 6.18 Å².